The van der Waals surface area contributed by atoms with Gasteiger partial charge in [-0.05, 0) is 23.6 Å². The fourth-order valence-electron chi connectivity index (χ4n) is 2.60. The third kappa shape index (κ3) is 6.33. The average Bonchev–Trinajstić information content (AvgIpc) is 2.62. The lowest BCUT2D eigenvalue weighted by molar-refractivity contribution is -0.854. The summed E-state index contributed by atoms with van der Waals surface area (Å²) in [5, 5.41) is 0. The van der Waals surface area contributed by atoms with Gasteiger partial charge in [-0.1, -0.05) is 60.1 Å². The molecule has 0 bridgehead atoms. The van der Waals surface area contributed by atoms with Gasteiger partial charge < -0.3 is 10.6 Å². The van der Waals surface area contributed by atoms with Crippen LogP contribution >= 0.6 is 0 Å². The van der Waals surface area contributed by atoms with Crippen LogP contribution in [0.4, 0.5) is 11.9 Å². The predicted octanol–water partition coefficient (Wildman–Crippen LogP) is 1.34. The van der Waals surface area contributed by atoms with Gasteiger partial charge in [0, 0.05) is 19.5 Å². The molecule has 0 unspecified atom stereocenters. The van der Waals surface area contributed by atoms with E-state index < -0.39 is 10.4 Å². The Morgan fingerprint density at radius 1 is 1.19 bits per heavy atom. The number of aromatic nitrogens is 3. The van der Waals surface area contributed by atoms with Crippen molar-refractivity contribution in [2.45, 2.75) is 46.1 Å². The monoisotopic (exact) mass is 396 g/mol. The molecule has 2 aromatic rings. The van der Waals surface area contributed by atoms with E-state index in [2.05, 4.69) is 21.2 Å². The molecule has 2 rings (SSSR count). The van der Waals surface area contributed by atoms with Crippen molar-refractivity contribution in [1.29, 1.82) is 0 Å². The number of unbranched alkanes of at least 4 members (excludes halogenated alkanes) is 2. The molecule has 1 aromatic carbocycles. The van der Waals surface area contributed by atoms with E-state index in [0.717, 1.165) is 29.6 Å². The van der Waals surface area contributed by atoms with Crippen molar-refractivity contribution >= 4 is 22.3 Å². The second-order valence-corrected chi connectivity index (χ2v) is 7.06. The molecule has 0 saturated carbocycles. The SMILES string of the molecule is CCCCCc1nc(N(CC)Cc2ccccc2)nc(N)[n+]1OS(=O)(=O)O. The topological polar surface area (TPSA) is 123 Å². The Balaban J connectivity index is 2.37. The Kier molecular flexibility index (Phi) is 7.31. The summed E-state index contributed by atoms with van der Waals surface area (Å²) in [7, 11) is -4.75. The summed E-state index contributed by atoms with van der Waals surface area (Å²) >= 11 is 0. The number of aryl methyl sites for hydroxylation is 1. The van der Waals surface area contributed by atoms with Crippen LogP contribution in [-0.2, 0) is 23.4 Å². The molecule has 148 valence electrons. The summed E-state index contributed by atoms with van der Waals surface area (Å²) < 4.78 is 36.6. The molecule has 0 aliphatic heterocycles. The van der Waals surface area contributed by atoms with Crippen molar-refractivity contribution in [3.05, 3.63) is 41.7 Å². The Morgan fingerprint density at radius 2 is 1.89 bits per heavy atom. The minimum Gasteiger partial charge on any atom is -0.316 e. The zero-order chi connectivity index (χ0) is 19.9. The highest BCUT2D eigenvalue weighted by molar-refractivity contribution is 7.80. The van der Waals surface area contributed by atoms with E-state index >= 15 is 0 Å². The maximum absolute atomic E-state index is 11.1. The summed E-state index contributed by atoms with van der Waals surface area (Å²) in [6, 6.07) is 9.84. The standard InChI is InChI=1S/C17H25N5O4S/c1-3-5-7-12-15-19-17(20-16(18)22(15)26-27(23,24)25)21(4-2)13-14-10-8-6-9-11-14/h6,8-11,18H,3-5,7,12-13H2,1-2H3,(H,23,24,25)/p+1. The van der Waals surface area contributed by atoms with E-state index in [9.17, 15) is 8.42 Å². The lowest BCUT2D eigenvalue weighted by Gasteiger charge is -2.18. The zero-order valence-corrected chi connectivity index (χ0v) is 16.4. The Hall–Kier alpha value is -2.46. The summed E-state index contributed by atoms with van der Waals surface area (Å²) in [6.07, 6.45) is 3.13. The first-order valence-electron chi connectivity index (χ1n) is 8.88. The number of hydrogen-bond donors (Lipinski definition) is 2. The van der Waals surface area contributed by atoms with Crippen LogP contribution in [0.25, 0.3) is 0 Å². The van der Waals surface area contributed by atoms with Crippen molar-refractivity contribution < 1.29 is 22.0 Å². The van der Waals surface area contributed by atoms with Crippen molar-refractivity contribution in [2.24, 2.45) is 0 Å². The van der Waals surface area contributed by atoms with Gasteiger partial charge in [0.1, 0.15) is 0 Å². The van der Waals surface area contributed by atoms with Gasteiger partial charge in [0.15, 0.2) is 0 Å². The highest BCUT2D eigenvalue weighted by Gasteiger charge is 2.26. The van der Waals surface area contributed by atoms with E-state index in [0.29, 0.717) is 25.5 Å². The fourth-order valence-corrected chi connectivity index (χ4v) is 2.95. The number of anilines is 2. The maximum atomic E-state index is 11.1. The van der Waals surface area contributed by atoms with Gasteiger partial charge in [-0.3, -0.25) is 4.55 Å². The summed E-state index contributed by atoms with van der Waals surface area (Å²) in [6.45, 7) is 5.23. The maximum Gasteiger partial charge on any atom is 0.474 e. The normalized spacial score (nSPS) is 11.4. The van der Waals surface area contributed by atoms with Gasteiger partial charge in [-0.25, -0.2) is 4.28 Å². The molecule has 0 aliphatic carbocycles. The number of rotatable bonds is 10. The lowest BCUT2D eigenvalue weighted by Crippen LogP contribution is -2.52. The van der Waals surface area contributed by atoms with Gasteiger partial charge in [-0.15, -0.1) is 0 Å². The van der Waals surface area contributed by atoms with Gasteiger partial charge in [0.05, 0.1) is 0 Å². The van der Waals surface area contributed by atoms with Crippen molar-refractivity contribution in [3.63, 3.8) is 0 Å². The molecular formula is C17H26N5O4S+. The van der Waals surface area contributed by atoms with Crippen LogP contribution in [0, 0.1) is 0 Å². The molecule has 0 radical (unpaired) electrons. The molecular weight excluding hydrogens is 370 g/mol. The highest BCUT2D eigenvalue weighted by atomic mass is 32.3. The van der Waals surface area contributed by atoms with Crippen LogP contribution in [0.15, 0.2) is 30.3 Å². The summed E-state index contributed by atoms with van der Waals surface area (Å²) in [5.41, 5.74) is 6.99. The number of hydrogen-bond acceptors (Lipinski definition) is 7. The molecule has 0 spiro atoms. The smallest absolute Gasteiger partial charge is 0.316 e. The third-order valence-corrected chi connectivity index (χ3v) is 4.28. The molecule has 1 aromatic heterocycles. The Labute approximate surface area is 159 Å². The van der Waals surface area contributed by atoms with Crippen LogP contribution in [0.3, 0.4) is 0 Å². The van der Waals surface area contributed by atoms with Gasteiger partial charge >= 0.3 is 22.3 Å². The minimum absolute atomic E-state index is 0.198. The van der Waals surface area contributed by atoms with E-state index in [1.165, 1.54) is 0 Å². The van der Waals surface area contributed by atoms with Crippen LogP contribution in [-0.4, -0.2) is 29.5 Å². The molecule has 0 aliphatic rings. The molecule has 1 heterocycles. The predicted molar refractivity (Wildman–Crippen MR) is 101 cm³/mol. The van der Waals surface area contributed by atoms with Crippen LogP contribution < -0.4 is 19.6 Å². The number of nitrogen functional groups attached to an aromatic ring is 1. The molecule has 0 fully saturated rings. The Morgan fingerprint density at radius 3 is 2.48 bits per heavy atom. The first-order chi connectivity index (χ1) is 12.8. The second-order valence-electron chi connectivity index (χ2n) is 6.05. The molecule has 0 atom stereocenters. The third-order valence-electron chi connectivity index (χ3n) is 3.94. The quantitative estimate of drug-likeness (QED) is 0.350. The van der Waals surface area contributed by atoms with Crippen molar-refractivity contribution in [3.8, 4) is 0 Å². The lowest BCUT2D eigenvalue weighted by atomic mass is 10.2. The molecule has 27 heavy (non-hydrogen) atoms. The highest BCUT2D eigenvalue weighted by Crippen LogP contribution is 2.14. The first-order valence-corrected chi connectivity index (χ1v) is 10.2. The van der Waals surface area contributed by atoms with Gasteiger partial charge in [0.25, 0.3) is 5.82 Å². The van der Waals surface area contributed by atoms with Crippen LogP contribution in [0.1, 0.15) is 44.5 Å². The molecule has 0 saturated heterocycles. The summed E-state index contributed by atoms with van der Waals surface area (Å²) in [4.78, 5) is 10.5. The fraction of sp³-hybridized carbons (Fsp3) is 0.471. The number of nitrogens with zero attached hydrogens (tertiary/aromatic N) is 4. The largest absolute Gasteiger partial charge is 0.474 e. The van der Waals surface area contributed by atoms with E-state index in [1.807, 2.05) is 42.2 Å². The van der Waals surface area contributed by atoms with Crippen molar-refractivity contribution in [2.75, 3.05) is 17.2 Å². The molecule has 10 heteroatoms. The van der Waals surface area contributed by atoms with Gasteiger partial charge in [0.2, 0.25) is 0 Å². The van der Waals surface area contributed by atoms with Crippen LogP contribution in [0.2, 0.25) is 0 Å². The Bertz CT molecular complexity index is 846. The van der Waals surface area contributed by atoms with Crippen LogP contribution in [0.5, 0.6) is 0 Å². The molecule has 3 N–H and O–H groups in total. The average molecular weight is 396 g/mol. The number of nitrogens with two attached hydrogens (primary N) is 1. The summed E-state index contributed by atoms with van der Waals surface area (Å²) in [5.74, 6) is 0.464. The minimum atomic E-state index is -4.75. The first kappa shape index (κ1) is 20.8. The second kappa shape index (κ2) is 9.47. The van der Waals surface area contributed by atoms with E-state index in [-0.39, 0.29) is 11.8 Å². The van der Waals surface area contributed by atoms with E-state index in [4.69, 9.17) is 10.3 Å². The number of benzene rings is 1. The molecule has 0 amide bonds. The van der Waals surface area contributed by atoms with Gasteiger partial charge in [-0.2, -0.15) is 8.42 Å². The van der Waals surface area contributed by atoms with E-state index in [1.54, 1.807) is 0 Å². The van der Waals surface area contributed by atoms with Crippen molar-refractivity contribution in [1.82, 2.24) is 9.97 Å². The molecule has 9 nitrogen and oxygen atoms in total. The zero-order valence-electron chi connectivity index (χ0n) is 15.6.